The van der Waals surface area contributed by atoms with Crippen LogP contribution in [0.2, 0.25) is 0 Å². The number of sulfone groups is 2. The predicted molar refractivity (Wildman–Crippen MR) is 146 cm³/mol. The second-order valence-corrected chi connectivity index (χ2v) is 13.8. The predicted octanol–water partition coefficient (Wildman–Crippen LogP) is 3.52. The van der Waals surface area contributed by atoms with Crippen LogP contribution in [-0.2, 0) is 26.2 Å². The third kappa shape index (κ3) is 6.11. The van der Waals surface area contributed by atoms with Gasteiger partial charge in [-0.25, -0.2) is 21.2 Å². The number of carbonyl (C=O) groups excluding carboxylic acids is 1. The molecule has 0 atom stereocenters. The van der Waals surface area contributed by atoms with E-state index in [9.17, 15) is 30.8 Å². The number of fused-ring (bicyclic) bond motifs is 1. The summed E-state index contributed by atoms with van der Waals surface area (Å²) in [5, 5.41) is 0.552. The summed E-state index contributed by atoms with van der Waals surface area (Å²) in [6, 6.07) is 14.6. The fraction of sp³-hybridized carbons (Fsp3) is 0.259. The normalized spacial score (nSPS) is 12.2. The van der Waals surface area contributed by atoms with Crippen LogP contribution in [0.1, 0.15) is 28.0 Å². The Balaban J connectivity index is 1.91. The number of hydrogen-bond acceptors (Lipinski definition) is 6. The maximum Gasteiger partial charge on any atom is 0.255 e. The Morgan fingerprint density at radius 2 is 1.74 bits per heavy atom. The zero-order valence-electron chi connectivity index (χ0n) is 20.9. The summed E-state index contributed by atoms with van der Waals surface area (Å²) in [5.74, 6) is -2.96. The van der Waals surface area contributed by atoms with Crippen LogP contribution in [0.3, 0.4) is 0 Å². The number of benzene rings is 2. The second kappa shape index (κ2) is 10.7. The van der Waals surface area contributed by atoms with E-state index in [4.69, 9.17) is 0 Å². The molecule has 2 aromatic heterocycles. The van der Waals surface area contributed by atoms with Crippen molar-refractivity contribution < 1.29 is 26.0 Å². The van der Waals surface area contributed by atoms with E-state index in [-0.39, 0.29) is 41.1 Å². The Kier molecular flexibility index (Phi) is 7.70. The number of pyridine rings is 1. The van der Waals surface area contributed by atoms with E-state index in [0.29, 0.717) is 10.9 Å². The van der Waals surface area contributed by atoms with Crippen LogP contribution < -0.4 is 5.56 Å². The zero-order valence-corrected chi connectivity index (χ0v) is 22.5. The Morgan fingerprint density at radius 3 is 2.42 bits per heavy atom. The summed E-state index contributed by atoms with van der Waals surface area (Å²) in [4.78, 5) is 29.2. The fourth-order valence-corrected chi connectivity index (χ4v) is 6.61. The molecule has 8 nitrogen and oxygen atoms in total. The molecule has 0 bridgehead atoms. The van der Waals surface area contributed by atoms with Gasteiger partial charge in [-0.05, 0) is 43.7 Å². The Morgan fingerprint density at radius 1 is 1.00 bits per heavy atom. The van der Waals surface area contributed by atoms with Crippen LogP contribution in [0.4, 0.5) is 4.39 Å². The van der Waals surface area contributed by atoms with E-state index in [2.05, 4.69) is 4.98 Å². The molecule has 0 unspecified atom stereocenters. The van der Waals surface area contributed by atoms with Crippen molar-refractivity contribution in [1.82, 2.24) is 9.55 Å². The number of aryl methyl sites for hydroxylation is 1. The van der Waals surface area contributed by atoms with Crippen LogP contribution in [0.15, 0.2) is 65.6 Å². The molecule has 4 rings (SSSR count). The highest BCUT2D eigenvalue weighted by molar-refractivity contribution is 7.92. The van der Waals surface area contributed by atoms with E-state index in [1.807, 2.05) is 13.0 Å². The molecule has 38 heavy (non-hydrogen) atoms. The number of H-pyrrole nitrogens is 1. The van der Waals surface area contributed by atoms with E-state index in [1.54, 1.807) is 47.0 Å². The number of aromatic nitrogens is 2. The molecule has 0 saturated carbocycles. The molecule has 2 heterocycles. The molecular weight excluding hydrogens is 531 g/mol. The molecule has 200 valence electrons. The van der Waals surface area contributed by atoms with Gasteiger partial charge in [0, 0.05) is 40.0 Å². The van der Waals surface area contributed by atoms with Crippen LogP contribution in [-0.4, -0.2) is 55.7 Å². The van der Waals surface area contributed by atoms with Crippen LogP contribution in [0.5, 0.6) is 0 Å². The summed E-state index contributed by atoms with van der Waals surface area (Å²) >= 11 is 0. The number of halogens is 1. The van der Waals surface area contributed by atoms with Crippen LogP contribution in [0.25, 0.3) is 22.0 Å². The van der Waals surface area contributed by atoms with Crippen molar-refractivity contribution in [1.29, 1.82) is 0 Å². The molecule has 0 amide bonds. The number of aromatic amines is 1. The van der Waals surface area contributed by atoms with Crippen molar-refractivity contribution in [3.8, 4) is 11.1 Å². The van der Waals surface area contributed by atoms with Crippen molar-refractivity contribution in [2.75, 3.05) is 23.5 Å². The third-order valence-corrected chi connectivity index (χ3v) is 8.82. The standard InChI is InChI=1S/C27H27FN2O6S2/c1-18-10-11-23-21(15-18)25(20-8-5-12-29-27(20)32)26(30(23)16-19-7-3-4-9-22(19)28)24(31)17-38(35,36)14-6-13-37(2,33)34/h3-5,7-12,15H,6,13-14,16-17H2,1-2H3,(H,29,32). The van der Waals surface area contributed by atoms with Gasteiger partial charge in [0.05, 0.1) is 23.7 Å². The summed E-state index contributed by atoms with van der Waals surface area (Å²) < 4.78 is 64.8. The van der Waals surface area contributed by atoms with E-state index < -0.39 is 48.3 Å². The van der Waals surface area contributed by atoms with Gasteiger partial charge >= 0.3 is 0 Å². The van der Waals surface area contributed by atoms with Gasteiger partial charge in [0.15, 0.2) is 15.6 Å². The summed E-state index contributed by atoms with van der Waals surface area (Å²) in [5.41, 5.74) is 1.60. The number of Topliss-reactive ketones (excluding diaryl/α,β-unsaturated/α-hetero) is 1. The average Bonchev–Trinajstić information content (AvgIpc) is 3.12. The monoisotopic (exact) mass is 558 g/mol. The topological polar surface area (TPSA) is 123 Å². The summed E-state index contributed by atoms with van der Waals surface area (Å²) in [7, 11) is -7.36. The number of rotatable bonds is 10. The van der Waals surface area contributed by atoms with Crippen molar-refractivity contribution in [3.05, 3.63) is 93.8 Å². The zero-order chi connectivity index (χ0) is 27.7. The van der Waals surface area contributed by atoms with E-state index in [1.165, 1.54) is 12.3 Å². The lowest BCUT2D eigenvalue weighted by molar-refractivity contribution is 0.101. The molecular formula is C27H27FN2O6S2. The minimum atomic E-state index is -3.99. The summed E-state index contributed by atoms with van der Waals surface area (Å²) in [6.45, 7) is 1.77. The Hall–Kier alpha value is -3.57. The quantitative estimate of drug-likeness (QED) is 0.297. The first kappa shape index (κ1) is 27.5. The van der Waals surface area contributed by atoms with Gasteiger partial charge in [0.1, 0.15) is 21.4 Å². The molecule has 0 aliphatic rings. The average molecular weight is 559 g/mol. The van der Waals surface area contributed by atoms with Crippen molar-refractivity contribution in [3.63, 3.8) is 0 Å². The highest BCUT2D eigenvalue weighted by atomic mass is 32.2. The van der Waals surface area contributed by atoms with E-state index >= 15 is 0 Å². The fourth-order valence-electron chi connectivity index (χ4n) is 4.49. The van der Waals surface area contributed by atoms with Gasteiger partial charge in [-0.1, -0.05) is 29.8 Å². The molecule has 0 saturated heterocycles. The van der Waals surface area contributed by atoms with Gasteiger partial charge in [-0.2, -0.15) is 0 Å². The number of carbonyl (C=O) groups is 1. The third-order valence-electron chi connectivity index (χ3n) is 6.18. The lowest BCUT2D eigenvalue weighted by atomic mass is 10.0. The first-order valence-corrected chi connectivity index (χ1v) is 15.7. The molecule has 1 N–H and O–H groups in total. The molecule has 0 fully saturated rings. The molecule has 4 aromatic rings. The lowest BCUT2D eigenvalue weighted by Gasteiger charge is -2.13. The maximum absolute atomic E-state index is 14.7. The molecule has 11 heteroatoms. The highest BCUT2D eigenvalue weighted by Gasteiger charge is 2.29. The SMILES string of the molecule is Cc1ccc2c(c1)c(-c1ccc[nH]c1=O)c(C(=O)CS(=O)(=O)CCCS(C)(=O)=O)n2Cc1ccccc1F. The number of ketones is 1. The lowest BCUT2D eigenvalue weighted by Crippen LogP contribution is -2.24. The smallest absolute Gasteiger partial charge is 0.255 e. The van der Waals surface area contributed by atoms with Crippen molar-refractivity contribution in [2.24, 2.45) is 0 Å². The molecule has 0 aliphatic heterocycles. The van der Waals surface area contributed by atoms with Gasteiger partial charge in [-0.3, -0.25) is 9.59 Å². The maximum atomic E-state index is 14.7. The minimum Gasteiger partial charge on any atom is -0.333 e. The Labute approximate surface area is 220 Å². The van der Waals surface area contributed by atoms with Crippen LogP contribution >= 0.6 is 0 Å². The second-order valence-electron chi connectivity index (χ2n) is 9.33. The first-order valence-electron chi connectivity index (χ1n) is 11.8. The largest absolute Gasteiger partial charge is 0.333 e. The molecule has 0 spiro atoms. The summed E-state index contributed by atoms with van der Waals surface area (Å²) in [6.07, 6.45) is 2.32. The number of hydrogen-bond donors (Lipinski definition) is 1. The number of nitrogens with zero attached hydrogens (tertiary/aromatic N) is 1. The molecule has 0 radical (unpaired) electrons. The minimum absolute atomic E-state index is 0.0303. The molecule has 2 aromatic carbocycles. The van der Waals surface area contributed by atoms with Gasteiger partial charge in [-0.15, -0.1) is 0 Å². The van der Waals surface area contributed by atoms with E-state index in [0.717, 1.165) is 11.8 Å². The van der Waals surface area contributed by atoms with Gasteiger partial charge < -0.3 is 9.55 Å². The van der Waals surface area contributed by atoms with Gasteiger partial charge in [0.2, 0.25) is 0 Å². The van der Waals surface area contributed by atoms with Gasteiger partial charge in [0.25, 0.3) is 5.56 Å². The Bertz CT molecular complexity index is 1800. The highest BCUT2D eigenvalue weighted by Crippen LogP contribution is 2.35. The van der Waals surface area contributed by atoms with Crippen molar-refractivity contribution >= 4 is 36.4 Å². The van der Waals surface area contributed by atoms with Crippen molar-refractivity contribution in [2.45, 2.75) is 19.9 Å². The first-order chi connectivity index (χ1) is 17.9. The number of nitrogens with one attached hydrogen (secondary N) is 1. The van der Waals surface area contributed by atoms with Crippen LogP contribution in [0, 0.1) is 12.7 Å². The molecule has 0 aliphatic carbocycles.